The molecule has 21 heteroatoms. The number of hydrogen-bond donors (Lipinski definition) is 0. The first-order valence-corrected chi connectivity index (χ1v) is 12.0. The fourth-order valence-corrected chi connectivity index (χ4v) is 3.10. The van der Waals surface area contributed by atoms with Gasteiger partial charge in [-0.2, -0.15) is 74.6 Å². The molecule has 188 valence electrons. The highest BCUT2D eigenvalue weighted by Crippen LogP contribution is 2.64. The molecule has 0 atom stereocenters. The SMILES string of the molecule is FC(F)(F)C(F)(F)C(F)(F)C(F)(F)C(F)(F)C(F)(F)C(F)(F)C(F)(F)CC[Si](Cl)(Cl)Cl. The molecule has 31 heavy (non-hydrogen) atoms. The van der Waals surface area contributed by atoms with E-state index in [1.54, 1.807) is 0 Å². The normalized spacial score (nSPS) is 16.6. The second-order valence-corrected chi connectivity index (χ2v) is 15.0. The van der Waals surface area contributed by atoms with Crippen LogP contribution in [0.2, 0.25) is 6.04 Å². The van der Waals surface area contributed by atoms with Gasteiger partial charge in [-0.25, -0.2) is 0 Å². The van der Waals surface area contributed by atoms with E-state index in [4.69, 9.17) is 33.2 Å². The molecule has 0 saturated carbocycles. The van der Waals surface area contributed by atoms with Crippen LogP contribution in [-0.4, -0.2) is 53.6 Å². The highest BCUT2D eigenvalue weighted by atomic mass is 35.8. The van der Waals surface area contributed by atoms with E-state index >= 15 is 0 Å². The van der Waals surface area contributed by atoms with E-state index in [9.17, 15) is 74.6 Å². The lowest BCUT2D eigenvalue weighted by Crippen LogP contribution is -2.74. The zero-order valence-corrected chi connectivity index (χ0v) is 16.7. The molecule has 0 fully saturated rings. The third kappa shape index (κ3) is 4.76. The predicted octanol–water partition coefficient (Wildman–Crippen LogP) is 8.04. The lowest BCUT2D eigenvalue weighted by Gasteiger charge is -2.42. The molecule has 0 spiro atoms. The molecular weight excluding hydrogens is 578 g/mol. The third-order valence-electron chi connectivity index (χ3n) is 3.51. The molecule has 0 aromatic rings. The van der Waals surface area contributed by atoms with E-state index in [-0.39, 0.29) is 0 Å². The maximum atomic E-state index is 13.4. The Morgan fingerprint density at radius 2 is 0.677 bits per heavy atom. The Hall–Kier alpha value is -0.103. The summed E-state index contributed by atoms with van der Waals surface area (Å²) >= 11 is 14.9. The Labute approximate surface area is 174 Å². The first kappa shape index (κ1) is 30.9. The first-order valence-electron chi connectivity index (χ1n) is 6.74. The maximum Gasteiger partial charge on any atom is 0.460 e. The largest absolute Gasteiger partial charge is 0.460 e. The molecule has 0 amide bonds. The molecule has 0 heterocycles. The van der Waals surface area contributed by atoms with Crippen molar-refractivity contribution in [3.8, 4) is 0 Å². The van der Waals surface area contributed by atoms with Crippen LogP contribution in [0.15, 0.2) is 0 Å². The first-order chi connectivity index (χ1) is 13.0. The monoisotopic (exact) mass is 580 g/mol. The Kier molecular flexibility index (Phi) is 7.96. The van der Waals surface area contributed by atoms with Gasteiger partial charge in [0.1, 0.15) is 0 Å². The zero-order chi connectivity index (χ0) is 25.9. The minimum atomic E-state index is -8.65. The smallest absolute Gasteiger partial charge is 0.200 e. The quantitative estimate of drug-likeness (QED) is 0.147. The van der Waals surface area contributed by atoms with Gasteiger partial charge in [-0.3, -0.25) is 0 Å². The van der Waals surface area contributed by atoms with Crippen LogP contribution in [0.1, 0.15) is 6.42 Å². The fourth-order valence-electron chi connectivity index (χ4n) is 1.65. The Balaban J connectivity index is 6.56. The average molecular weight is 582 g/mol. The molecule has 0 N–H and O–H groups in total. The van der Waals surface area contributed by atoms with Crippen molar-refractivity contribution in [2.75, 3.05) is 0 Å². The van der Waals surface area contributed by atoms with Gasteiger partial charge < -0.3 is 0 Å². The Morgan fingerprint density at radius 1 is 0.419 bits per heavy atom. The van der Waals surface area contributed by atoms with Gasteiger partial charge in [0.05, 0.1) is 0 Å². The minimum Gasteiger partial charge on any atom is -0.200 e. The van der Waals surface area contributed by atoms with Crippen LogP contribution in [0.5, 0.6) is 0 Å². The second kappa shape index (κ2) is 7.99. The summed E-state index contributed by atoms with van der Waals surface area (Å²) in [6.45, 7) is 0. The lowest BCUT2D eigenvalue weighted by molar-refractivity contribution is -0.461. The molecule has 0 bridgehead atoms. The van der Waals surface area contributed by atoms with Crippen LogP contribution in [-0.2, 0) is 0 Å². The van der Waals surface area contributed by atoms with Crippen molar-refractivity contribution in [1.82, 2.24) is 0 Å². The van der Waals surface area contributed by atoms with Crippen LogP contribution in [0.3, 0.4) is 0 Å². The zero-order valence-electron chi connectivity index (χ0n) is 13.5. The van der Waals surface area contributed by atoms with Crippen molar-refractivity contribution in [3.63, 3.8) is 0 Å². The number of alkyl halides is 17. The molecule has 0 aliphatic carbocycles. The maximum absolute atomic E-state index is 13.4. The van der Waals surface area contributed by atoms with Crippen molar-refractivity contribution < 1.29 is 74.6 Å². The van der Waals surface area contributed by atoms with Crippen molar-refractivity contribution in [1.29, 1.82) is 0 Å². The number of halogens is 20. The average Bonchev–Trinajstić information content (AvgIpc) is 2.50. The molecule has 0 aliphatic heterocycles. The molecule has 0 radical (unpaired) electrons. The highest BCUT2D eigenvalue weighted by molar-refractivity contribution is 7.64. The van der Waals surface area contributed by atoms with Crippen LogP contribution in [0, 0.1) is 0 Å². The van der Waals surface area contributed by atoms with E-state index in [1.807, 2.05) is 0 Å². The highest BCUT2D eigenvalue weighted by Gasteiger charge is 2.95. The van der Waals surface area contributed by atoms with E-state index in [2.05, 4.69) is 0 Å². The van der Waals surface area contributed by atoms with Crippen LogP contribution in [0.4, 0.5) is 74.6 Å². The van der Waals surface area contributed by atoms with Gasteiger partial charge >= 0.3 is 53.6 Å². The summed E-state index contributed by atoms with van der Waals surface area (Å²) in [5.41, 5.74) is 0. The molecular formula is C10H4Cl3F17Si. The van der Waals surface area contributed by atoms with Gasteiger partial charge in [0.2, 0.25) is 0 Å². The summed E-state index contributed by atoms with van der Waals surface area (Å²) in [6.07, 6.45) is -10.5. The van der Waals surface area contributed by atoms with Crippen molar-refractivity contribution in [2.45, 2.75) is 60.1 Å². The van der Waals surface area contributed by atoms with E-state index in [1.165, 1.54) is 0 Å². The fraction of sp³-hybridized carbons (Fsp3) is 1.00. The van der Waals surface area contributed by atoms with E-state index in [0.717, 1.165) is 0 Å². The molecule has 0 aliphatic rings. The Bertz CT molecular complexity index is 650. The van der Waals surface area contributed by atoms with Gasteiger partial charge in [-0.15, -0.1) is 33.2 Å². The van der Waals surface area contributed by atoms with Crippen molar-refractivity contribution >= 4 is 39.2 Å². The van der Waals surface area contributed by atoms with Gasteiger partial charge in [-0.1, -0.05) is 0 Å². The van der Waals surface area contributed by atoms with Crippen LogP contribution >= 0.6 is 33.2 Å². The van der Waals surface area contributed by atoms with Crippen molar-refractivity contribution in [2.24, 2.45) is 0 Å². The Morgan fingerprint density at radius 3 is 0.935 bits per heavy atom. The molecule has 0 unspecified atom stereocenters. The van der Waals surface area contributed by atoms with Gasteiger partial charge in [0, 0.05) is 6.42 Å². The standard InChI is InChI=1S/C10H4Cl3F17Si/c11-31(12,13)2-1-3(14,15)4(16,17)5(18,19)6(20,21)7(22,23)8(24,25)9(26,27)10(28,29)30/h1-2H2. The third-order valence-corrected chi connectivity index (χ3v) is 6.03. The van der Waals surface area contributed by atoms with E-state index in [0.29, 0.717) is 0 Å². The van der Waals surface area contributed by atoms with Crippen LogP contribution in [0.25, 0.3) is 0 Å². The summed E-state index contributed by atoms with van der Waals surface area (Å²) in [5, 5.41) is 0. The molecule has 0 saturated heterocycles. The predicted molar refractivity (Wildman–Crippen MR) is 73.4 cm³/mol. The summed E-state index contributed by atoms with van der Waals surface area (Å²) in [4.78, 5) is 0. The van der Waals surface area contributed by atoms with E-state index < -0.39 is 66.1 Å². The summed E-state index contributed by atoms with van der Waals surface area (Å²) in [7, 11) is 0. The van der Waals surface area contributed by atoms with Gasteiger partial charge in [0.25, 0.3) is 0 Å². The molecule has 0 rings (SSSR count). The second-order valence-electron chi connectivity index (χ2n) is 5.76. The number of rotatable bonds is 9. The van der Waals surface area contributed by atoms with Crippen molar-refractivity contribution in [3.05, 3.63) is 0 Å². The van der Waals surface area contributed by atoms with Crippen LogP contribution < -0.4 is 0 Å². The molecule has 0 nitrogen and oxygen atoms in total. The lowest BCUT2D eigenvalue weighted by atomic mass is 9.88. The van der Waals surface area contributed by atoms with Gasteiger partial charge in [0.15, 0.2) is 0 Å². The molecule has 0 aromatic heterocycles. The minimum absolute atomic E-state index is 1.71. The topological polar surface area (TPSA) is 0 Å². The number of hydrogen-bond acceptors (Lipinski definition) is 0. The van der Waals surface area contributed by atoms with Gasteiger partial charge in [-0.05, 0) is 6.04 Å². The summed E-state index contributed by atoms with van der Waals surface area (Å²) < 4.78 is 220. The summed E-state index contributed by atoms with van der Waals surface area (Å²) in [5.74, 6) is -56.5. The summed E-state index contributed by atoms with van der Waals surface area (Å²) in [6, 6.07) is -6.09. The molecule has 0 aromatic carbocycles.